The first-order chi connectivity index (χ1) is 37.0. The monoisotopic (exact) mass is 1030 g/mol. The summed E-state index contributed by atoms with van der Waals surface area (Å²) in [6.45, 7) is 6.30. The highest BCUT2D eigenvalue weighted by atomic mass is 16.6. The third-order valence-corrected chi connectivity index (χ3v) is 12.0. The molecule has 0 aromatic heterocycles. The molecule has 0 N–H and O–H groups in total. The first-order valence-electron chi connectivity index (χ1n) is 30.0. The second-order valence-corrected chi connectivity index (χ2v) is 19.1. The summed E-state index contributed by atoms with van der Waals surface area (Å²) in [7, 11) is 0. The summed E-state index contributed by atoms with van der Waals surface area (Å²) in [4.78, 5) is 38.2. The second-order valence-electron chi connectivity index (χ2n) is 19.1. The molecule has 0 radical (unpaired) electrons. The van der Waals surface area contributed by atoms with Gasteiger partial charge in [0.25, 0.3) is 0 Å². The molecule has 6 heteroatoms. The molecule has 0 aliphatic carbocycles. The molecule has 0 bridgehead atoms. The van der Waals surface area contributed by atoms with Crippen LogP contribution in [0.15, 0.2) is 158 Å². The quantitative estimate of drug-likeness (QED) is 0.0261. The first-order valence-corrected chi connectivity index (χ1v) is 30.0. The van der Waals surface area contributed by atoms with Gasteiger partial charge in [-0.1, -0.05) is 237 Å². The highest BCUT2D eigenvalue weighted by Gasteiger charge is 2.19. The van der Waals surface area contributed by atoms with Crippen LogP contribution in [0.1, 0.15) is 239 Å². The number of unbranched alkanes of at least 4 members (excludes halogenated alkanes) is 15. The number of hydrogen-bond donors (Lipinski definition) is 0. The summed E-state index contributed by atoms with van der Waals surface area (Å²) in [5.41, 5.74) is 0. The van der Waals surface area contributed by atoms with Crippen LogP contribution in [0.3, 0.4) is 0 Å². The Hall–Kier alpha value is -4.97. The van der Waals surface area contributed by atoms with Gasteiger partial charge in [-0.3, -0.25) is 14.4 Å². The summed E-state index contributed by atoms with van der Waals surface area (Å²) < 4.78 is 16.8. The molecule has 0 saturated heterocycles. The van der Waals surface area contributed by atoms with Crippen molar-refractivity contribution in [1.29, 1.82) is 0 Å². The maximum atomic E-state index is 12.9. The van der Waals surface area contributed by atoms with Crippen LogP contribution in [0.4, 0.5) is 0 Å². The lowest BCUT2D eigenvalue weighted by Gasteiger charge is -2.18. The zero-order valence-electron chi connectivity index (χ0n) is 48.0. The molecule has 0 amide bonds. The number of allylic oxidation sites excluding steroid dienone is 26. The minimum Gasteiger partial charge on any atom is -0.462 e. The average molecular weight is 1030 g/mol. The van der Waals surface area contributed by atoms with Crippen molar-refractivity contribution in [3.8, 4) is 0 Å². The van der Waals surface area contributed by atoms with Gasteiger partial charge < -0.3 is 14.2 Å². The zero-order chi connectivity index (χ0) is 54.3. The Balaban J connectivity index is 4.51. The third-order valence-electron chi connectivity index (χ3n) is 12.0. The topological polar surface area (TPSA) is 78.9 Å². The minimum atomic E-state index is -0.829. The van der Waals surface area contributed by atoms with Crippen molar-refractivity contribution in [2.24, 2.45) is 0 Å². The van der Waals surface area contributed by atoms with Crippen LogP contribution in [0.5, 0.6) is 0 Å². The Morgan fingerprint density at radius 2 is 0.533 bits per heavy atom. The molecule has 0 saturated carbocycles. The largest absolute Gasteiger partial charge is 0.462 e. The van der Waals surface area contributed by atoms with Gasteiger partial charge in [0.05, 0.1) is 0 Å². The first kappa shape index (κ1) is 70.0. The number of esters is 3. The van der Waals surface area contributed by atoms with E-state index in [1.54, 1.807) is 0 Å². The SMILES string of the molecule is CC/C=C\C/C=C\C/C=C\C/C=C\C/C=C\C/C=C\CCCCCCCCC(=O)OCC(COC(=O)CCCCCCC/C=C\C/C=C\CCCCC)OC(=O)CCC/C=C\C/C=C\C/C=C\C/C=C\C/C=C\CC. The van der Waals surface area contributed by atoms with E-state index < -0.39 is 6.10 Å². The van der Waals surface area contributed by atoms with Crippen molar-refractivity contribution >= 4 is 17.9 Å². The highest BCUT2D eigenvalue weighted by Crippen LogP contribution is 2.13. The van der Waals surface area contributed by atoms with Gasteiger partial charge in [0, 0.05) is 19.3 Å². The predicted molar refractivity (Wildman–Crippen MR) is 325 cm³/mol. The van der Waals surface area contributed by atoms with Gasteiger partial charge in [0.2, 0.25) is 0 Å². The minimum absolute atomic E-state index is 0.120. The number of rotatable bonds is 52. The van der Waals surface area contributed by atoms with E-state index in [9.17, 15) is 14.4 Å². The molecule has 0 heterocycles. The lowest BCUT2D eigenvalue weighted by molar-refractivity contribution is -0.167. The fourth-order valence-electron chi connectivity index (χ4n) is 7.57. The lowest BCUT2D eigenvalue weighted by atomic mass is 10.1. The molecule has 0 aromatic rings. The van der Waals surface area contributed by atoms with Gasteiger partial charge in [0.1, 0.15) is 13.2 Å². The zero-order valence-corrected chi connectivity index (χ0v) is 48.0. The van der Waals surface area contributed by atoms with Crippen molar-refractivity contribution in [3.05, 3.63) is 158 Å². The van der Waals surface area contributed by atoms with Crippen LogP contribution in [0, 0.1) is 0 Å². The van der Waals surface area contributed by atoms with Crippen molar-refractivity contribution in [1.82, 2.24) is 0 Å². The molecule has 0 rings (SSSR count). The summed E-state index contributed by atoms with van der Waals surface area (Å²) in [6, 6.07) is 0. The van der Waals surface area contributed by atoms with Gasteiger partial charge >= 0.3 is 17.9 Å². The fraction of sp³-hybridized carbons (Fsp3) is 0.580. The summed E-state index contributed by atoms with van der Waals surface area (Å²) in [6.07, 6.45) is 89.5. The average Bonchev–Trinajstić information content (AvgIpc) is 3.41. The molecule has 0 fully saturated rings. The van der Waals surface area contributed by atoms with E-state index >= 15 is 0 Å². The summed E-state index contributed by atoms with van der Waals surface area (Å²) in [5.74, 6) is -1.01. The van der Waals surface area contributed by atoms with Gasteiger partial charge in [-0.15, -0.1) is 0 Å². The normalized spacial score (nSPS) is 13.3. The van der Waals surface area contributed by atoms with Gasteiger partial charge in [0.15, 0.2) is 6.10 Å². The van der Waals surface area contributed by atoms with E-state index in [2.05, 4.69) is 179 Å². The van der Waals surface area contributed by atoms with Crippen LogP contribution in [-0.4, -0.2) is 37.2 Å². The predicted octanol–water partition coefficient (Wildman–Crippen LogP) is 20.5. The standard InChI is InChI=1S/C69H108O6/c1-4-7-10-13-16-19-22-25-28-30-31-32-33-34-35-36-37-39-41-44-47-50-53-56-59-62-68(71)74-65-66(64-73-67(70)61-58-55-52-49-46-43-40-27-24-21-18-15-12-9-6-3)75-69(72)63-60-57-54-51-48-45-42-38-29-26-23-20-17-14-11-8-5-2/h7-8,10-11,16-21,25-29,31-32,34-35,37,39-40,42,45,51,54,66H,4-6,9,12-15,22-24,30,33,36,38,41,43-44,46-50,52-53,55-65H2,1-3H3/b10-7-,11-8-,19-16-,20-17-,21-18-,28-25-,29-26-,32-31-,35-34-,39-37-,40-27-,45-42-,54-51-. The molecule has 1 atom stereocenters. The second kappa shape index (κ2) is 61.6. The Kier molecular flexibility index (Phi) is 57.5. The van der Waals surface area contributed by atoms with Crippen LogP contribution >= 0.6 is 0 Å². The number of hydrogen-bond acceptors (Lipinski definition) is 6. The molecular formula is C69H108O6. The Morgan fingerprint density at radius 1 is 0.280 bits per heavy atom. The van der Waals surface area contributed by atoms with Gasteiger partial charge in [-0.2, -0.15) is 0 Å². The van der Waals surface area contributed by atoms with E-state index in [1.165, 1.54) is 38.5 Å². The van der Waals surface area contributed by atoms with E-state index in [0.29, 0.717) is 19.3 Å². The van der Waals surface area contributed by atoms with E-state index in [4.69, 9.17) is 14.2 Å². The number of carbonyl (C=O) groups excluding carboxylic acids is 3. The van der Waals surface area contributed by atoms with Crippen LogP contribution in [0.25, 0.3) is 0 Å². The molecule has 6 nitrogen and oxygen atoms in total. The molecule has 0 aliphatic rings. The molecule has 1 unspecified atom stereocenters. The maximum absolute atomic E-state index is 12.9. The Bertz CT molecular complexity index is 1710. The maximum Gasteiger partial charge on any atom is 0.306 e. The highest BCUT2D eigenvalue weighted by molar-refractivity contribution is 5.71. The van der Waals surface area contributed by atoms with E-state index in [0.717, 1.165) is 154 Å². The van der Waals surface area contributed by atoms with Crippen molar-refractivity contribution < 1.29 is 28.6 Å². The third kappa shape index (κ3) is 59.8. The van der Waals surface area contributed by atoms with Crippen LogP contribution < -0.4 is 0 Å². The molecule has 420 valence electrons. The van der Waals surface area contributed by atoms with Gasteiger partial charge in [-0.25, -0.2) is 0 Å². The van der Waals surface area contributed by atoms with E-state index in [-0.39, 0.29) is 37.5 Å². The Labute approximate surface area is 460 Å². The summed E-state index contributed by atoms with van der Waals surface area (Å²) >= 11 is 0. The fourth-order valence-corrected chi connectivity index (χ4v) is 7.57. The van der Waals surface area contributed by atoms with Gasteiger partial charge in [-0.05, 0) is 141 Å². The Morgan fingerprint density at radius 3 is 0.853 bits per heavy atom. The number of ether oxygens (including phenoxy) is 3. The van der Waals surface area contributed by atoms with Crippen molar-refractivity contribution in [2.75, 3.05) is 13.2 Å². The molecule has 0 aliphatic heterocycles. The molecule has 75 heavy (non-hydrogen) atoms. The lowest BCUT2D eigenvalue weighted by Crippen LogP contribution is -2.30. The molecule has 0 spiro atoms. The van der Waals surface area contributed by atoms with Crippen molar-refractivity contribution in [2.45, 2.75) is 245 Å². The van der Waals surface area contributed by atoms with Crippen LogP contribution in [0.2, 0.25) is 0 Å². The van der Waals surface area contributed by atoms with E-state index in [1.807, 2.05) is 0 Å². The van der Waals surface area contributed by atoms with Crippen molar-refractivity contribution in [3.63, 3.8) is 0 Å². The molecule has 0 aromatic carbocycles. The number of carbonyl (C=O) groups is 3. The van der Waals surface area contributed by atoms with Crippen LogP contribution in [-0.2, 0) is 28.6 Å². The molecular weight excluding hydrogens is 925 g/mol. The summed E-state index contributed by atoms with van der Waals surface area (Å²) in [5, 5.41) is 0. The smallest absolute Gasteiger partial charge is 0.306 e.